The maximum atomic E-state index is 14.5. The molecule has 0 saturated heterocycles. The molecule has 0 aliphatic rings. The van der Waals surface area contributed by atoms with Gasteiger partial charge in [0.05, 0.1) is 27.4 Å². The van der Waals surface area contributed by atoms with E-state index < -0.39 is 27.9 Å². The molecule has 5 aromatic carbocycles. The van der Waals surface area contributed by atoms with E-state index in [0.717, 1.165) is 21.2 Å². The predicted octanol–water partition coefficient (Wildman–Crippen LogP) is 7.61. The second-order valence-corrected chi connectivity index (χ2v) is 12.7. The van der Waals surface area contributed by atoms with E-state index >= 15 is 0 Å². The molecule has 0 fully saturated rings. The fourth-order valence-corrected chi connectivity index (χ4v) is 10.2. The maximum absolute atomic E-state index is 14.5. The van der Waals surface area contributed by atoms with Crippen molar-refractivity contribution < 1.29 is 13.2 Å². The summed E-state index contributed by atoms with van der Waals surface area (Å²) in [6, 6.07) is 45.5. The summed E-state index contributed by atoms with van der Waals surface area (Å²) < 4.78 is 45.7. The Balaban J connectivity index is 1.86. The molecule has 0 aliphatic heterocycles. The van der Waals surface area contributed by atoms with Crippen LogP contribution in [0.2, 0.25) is 0 Å². The molecule has 0 atom stereocenters. The molecule has 0 spiro atoms. The van der Waals surface area contributed by atoms with Crippen molar-refractivity contribution in [3.63, 3.8) is 0 Å². The number of benzene rings is 5. The summed E-state index contributed by atoms with van der Waals surface area (Å²) in [6.45, 7) is 0. The molecule has 5 rings (SSSR count). The molecular weight excluding hydrogens is 505 g/mol. The zero-order valence-electron chi connectivity index (χ0n) is 19.8. The number of hydrogen-bond donors (Lipinski definition) is 0. The summed E-state index contributed by atoms with van der Waals surface area (Å²) >= 11 is 0. The fourth-order valence-electron chi connectivity index (χ4n) is 4.21. The Morgan fingerprint density at radius 3 is 1.03 bits per heavy atom. The van der Waals surface area contributed by atoms with Crippen LogP contribution in [0.4, 0.5) is 18.9 Å². The van der Waals surface area contributed by atoms with Crippen molar-refractivity contribution in [3.05, 3.63) is 151 Å². The van der Waals surface area contributed by atoms with Gasteiger partial charge in [-0.2, -0.15) is 13.2 Å². The molecule has 0 N–H and O–H groups in total. The minimum Gasteiger partial charge on any atom is -0.312 e. The van der Waals surface area contributed by atoms with E-state index in [4.69, 9.17) is 0 Å². The number of alkyl halides is 3. The van der Waals surface area contributed by atoms with Crippen LogP contribution in [0.5, 0.6) is 0 Å². The molecule has 1 nitrogen and oxygen atoms in total. The van der Waals surface area contributed by atoms with Gasteiger partial charge in [-0.15, -0.1) is 0 Å². The highest BCUT2D eigenvalue weighted by atomic mass is 31.2. The van der Waals surface area contributed by atoms with Crippen LogP contribution in [0.3, 0.4) is 0 Å². The summed E-state index contributed by atoms with van der Waals surface area (Å²) in [6.07, 6.45) is -4.50. The van der Waals surface area contributed by atoms with Gasteiger partial charge in [-0.3, -0.25) is 0 Å². The van der Waals surface area contributed by atoms with E-state index in [9.17, 15) is 13.2 Å². The third kappa shape index (κ3) is 5.62. The quantitative estimate of drug-likeness (QED) is 0.196. The third-order valence-electron chi connectivity index (χ3n) is 5.81. The number of anilines is 1. The van der Waals surface area contributed by atoms with Crippen LogP contribution >= 0.6 is 16.1 Å². The SMILES string of the molecule is FC(F)(F)c1ccccc1N(P(c1ccccc1)c1ccccc1)P(c1ccccc1)c1ccccc1. The largest absolute Gasteiger partial charge is 0.418 e. The molecule has 37 heavy (non-hydrogen) atoms. The average molecular weight is 529 g/mol. The third-order valence-corrected chi connectivity index (χ3v) is 11.2. The van der Waals surface area contributed by atoms with Crippen molar-refractivity contribution in [1.29, 1.82) is 0 Å². The van der Waals surface area contributed by atoms with E-state index in [0.29, 0.717) is 0 Å². The van der Waals surface area contributed by atoms with Gasteiger partial charge in [0.25, 0.3) is 0 Å². The van der Waals surface area contributed by atoms with Gasteiger partial charge in [-0.05, 0) is 12.1 Å². The molecular formula is C31H24F3NP2. The first-order valence-corrected chi connectivity index (χ1v) is 14.4. The van der Waals surface area contributed by atoms with E-state index in [1.807, 2.05) is 121 Å². The molecule has 0 bridgehead atoms. The molecule has 0 aromatic heterocycles. The van der Waals surface area contributed by atoms with Gasteiger partial charge in [0.15, 0.2) is 0 Å². The van der Waals surface area contributed by atoms with Gasteiger partial charge in [0.2, 0.25) is 0 Å². The smallest absolute Gasteiger partial charge is 0.312 e. The molecule has 0 saturated carbocycles. The first-order valence-electron chi connectivity index (χ1n) is 11.8. The first-order chi connectivity index (χ1) is 18.0. The fraction of sp³-hybridized carbons (Fsp3) is 0.0323. The van der Waals surface area contributed by atoms with E-state index in [1.165, 1.54) is 12.1 Å². The van der Waals surface area contributed by atoms with Crippen LogP contribution in [-0.4, -0.2) is 0 Å². The van der Waals surface area contributed by atoms with Crippen LogP contribution in [0.25, 0.3) is 0 Å². The Kier molecular flexibility index (Phi) is 7.70. The van der Waals surface area contributed by atoms with Crippen molar-refractivity contribution in [1.82, 2.24) is 0 Å². The number of nitrogens with zero attached hydrogens (tertiary/aromatic N) is 1. The Hall–Kier alpha value is -3.45. The lowest BCUT2D eigenvalue weighted by molar-refractivity contribution is -0.137. The van der Waals surface area contributed by atoms with E-state index in [-0.39, 0.29) is 5.69 Å². The number of hydrogen-bond acceptors (Lipinski definition) is 1. The molecule has 0 aliphatic carbocycles. The topological polar surface area (TPSA) is 3.24 Å². The normalized spacial score (nSPS) is 11.6. The summed E-state index contributed by atoms with van der Waals surface area (Å²) in [4.78, 5) is 0. The Labute approximate surface area is 217 Å². The predicted molar refractivity (Wildman–Crippen MR) is 152 cm³/mol. The van der Waals surface area contributed by atoms with Crippen LogP contribution in [0.15, 0.2) is 146 Å². The zero-order valence-corrected chi connectivity index (χ0v) is 21.6. The molecule has 0 amide bonds. The Morgan fingerprint density at radius 2 is 0.703 bits per heavy atom. The van der Waals surface area contributed by atoms with Crippen molar-refractivity contribution in [2.45, 2.75) is 6.18 Å². The summed E-state index contributed by atoms with van der Waals surface area (Å²) in [5.41, 5.74) is -0.443. The first kappa shape index (κ1) is 25.2. The highest BCUT2D eigenvalue weighted by Crippen LogP contribution is 2.59. The van der Waals surface area contributed by atoms with Crippen molar-refractivity contribution >= 4 is 43.1 Å². The monoisotopic (exact) mass is 529 g/mol. The minimum atomic E-state index is -4.50. The highest BCUT2D eigenvalue weighted by Gasteiger charge is 2.40. The number of halogens is 3. The van der Waals surface area contributed by atoms with Crippen molar-refractivity contribution in [3.8, 4) is 0 Å². The highest BCUT2D eigenvalue weighted by molar-refractivity contribution is 7.90. The maximum Gasteiger partial charge on any atom is 0.418 e. The van der Waals surface area contributed by atoms with Crippen LogP contribution in [-0.2, 0) is 6.18 Å². The van der Waals surface area contributed by atoms with Gasteiger partial charge < -0.3 is 4.44 Å². The molecule has 5 aromatic rings. The van der Waals surface area contributed by atoms with Gasteiger partial charge in [0, 0.05) is 21.2 Å². The molecule has 0 radical (unpaired) electrons. The Bertz CT molecular complexity index is 1250. The van der Waals surface area contributed by atoms with Gasteiger partial charge in [-0.1, -0.05) is 133 Å². The van der Waals surface area contributed by atoms with Gasteiger partial charge >= 0.3 is 6.18 Å². The molecule has 0 heterocycles. The minimum absolute atomic E-state index is 0.188. The molecule has 0 unspecified atom stereocenters. The van der Waals surface area contributed by atoms with Crippen molar-refractivity contribution in [2.24, 2.45) is 0 Å². The number of para-hydroxylation sites is 1. The van der Waals surface area contributed by atoms with Crippen LogP contribution in [0, 0.1) is 0 Å². The second kappa shape index (κ2) is 11.3. The van der Waals surface area contributed by atoms with Crippen LogP contribution < -0.4 is 25.7 Å². The lowest BCUT2D eigenvalue weighted by Gasteiger charge is -2.41. The van der Waals surface area contributed by atoms with E-state index in [1.54, 1.807) is 12.1 Å². The van der Waals surface area contributed by atoms with Crippen LogP contribution in [0.1, 0.15) is 5.56 Å². The zero-order chi connectivity index (χ0) is 25.7. The lowest BCUT2D eigenvalue weighted by Crippen LogP contribution is -2.33. The van der Waals surface area contributed by atoms with Gasteiger partial charge in [-0.25, -0.2) is 0 Å². The van der Waals surface area contributed by atoms with Crippen molar-refractivity contribution in [2.75, 3.05) is 4.44 Å². The van der Waals surface area contributed by atoms with Gasteiger partial charge in [0.1, 0.15) is 0 Å². The summed E-state index contributed by atoms with van der Waals surface area (Å²) in [7, 11) is -2.76. The standard InChI is InChI=1S/C31H24F3NP2/c32-31(33,34)29-23-13-14-24-30(29)35(36(25-15-5-1-6-16-25)26-17-7-2-8-18-26)37(27-19-9-3-10-20-27)28-21-11-4-12-22-28/h1-24H. The average Bonchev–Trinajstić information content (AvgIpc) is 2.94. The second-order valence-electron chi connectivity index (χ2n) is 8.27. The van der Waals surface area contributed by atoms with E-state index in [2.05, 4.69) is 4.44 Å². The Morgan fingerprint density at radius 1 is 0.405 bits per heavy atom. The summed E-state index contributed by atoms with van der Waals surface area (Å²) in [5, 5.41) is 3.94. The summed E-state index contributed by atoms with van der Waals surface area (Å²) in [5.74, 6) is 0. The number of rotatable bonds is 7. The molecule has 184 valence electrons. The lowest BCUT2D eigenvalue weighted by atomic mass is 10.2. The molecule has 6 heteroatoms.